The molecule has 8 heteroatoms. The monoisotopic (exact) mass is 466 g/mol. The van der Waals surface area contributed by atoms with Crippen molar-refractivity contribution in [1.29, 1.82) is 0 Å². The maximum Gasteiger partial charge on any atom is 0.339 e. The summed E-state index contributed by atoms with van der Waals surface area (Å²) in [5.41, 5.74) is 1.72. The summed E-state index contributed by atoms with van der Waals surface area (Å²) in [7, 11) is 0. The third kappa shape index (κ3) is 5.96. The lowest BCUT2D eigenvalue weighted by Crippen LogP contribution is -2.26. The van der Waals surface area contributed by atoms with E-state index in [4.69, 9.17) is 16.3 Å². The van der Waals surface area contributed by atoms with Gasteiger partial charge < -0.3 is 10.1 Å². The van der Waals surface area contributed by atoms with Crippen molar-refractivity contribution in [3.63, 3.8) is 0 Å². The van der Waals surface area contributed by atoms with Crippen molar-refractivity contribution in [1.82, 2.24) is 0 Å². The van der Waals surface area contributed by atoms with Crippen molar-refractivity contribution in [3.05, 3.63) is 105 Å². The van der Waals surface area contributed by atoms with Crippen molar-refractivity contribution in [2.45, 2.75) is 32.3 Å². The van der Waals surface area contributed by atoms with Gasteiger partial charge in [0.15, 0.2) is 0 Å². The van der Waals surface area contributed by atoms with E-state index in [9.17, 15) is 19.7 Å². The quantitative estimate of drug-likeness (QED) is 0.269. The second-order valence-electron chi connectivity index (χ2n) is 8.43. The molecule has 3 aromatic rings. The molecule has 0 aliphatic heterocycles. The number of non-ortho nitro benzene ring substituents is 1. The van der Waals surface area contributed by atoms with Crippen LogP contribution >= 0.6 is 11.6 Å². The first-order valence-corrected chi connectivity index (χ1v) is 10.6. The minimum atomic E-state index is -1.26. The maximum absolute atomic E-state index is 13.1. The fourth-order valence-corrected chi connectivity index (χ4v) is 3.32. The van der Waals surface area contributed by atoms with Gasteiger partial charge >= 0.3 is 5.97 Å². The Labute approximate surface area is 196 Å². The number of esters is 1. The number of carbonyl (C=O) groups is 2. The smallest absolute Gasteiger partial charge is 0.339 e. The Hall–Kier alpha value is -3.71. The summed E-state index contributed by atoms with van der Waals surface area (Å²) < 4.78 is 5.58. The van der Waals surface area contributed by atoms with Crippen LogP contribution in [0.3, 0.4) is 0 Å². The zero-order chi connectivity index (χ0) is 24.2. The number of benzene rings is 3. The predicted octanol–water partition coefficient (Wildman–Crippen LogP) is 6.08. The van der Waals surface area contributed by atoms with Crippen LogP contribution in [-0.2, 0) is 14.9 Å². The Balaban J connectivity index is 1.84. The second kappa shape index (κ2) is 9.83. The largest absolute Gasteiger partial charge is 0.444 e. The van der Waals surface area contributed by atoms with Gasteiger partial charge in [0, 0.05) is 17.7 Å². The highest BCUT2D eigenvalue weighted by atomic mass is 35.5. The summed E-state index contributed by atoms with van der Waals surface area (Å²) in [6, 6.07) is 19.3. The summed E-state index contributed by atoms with van der Waals surface area (Å²) in [6.07, 6.45) is -1.26. The molecule has 1 N–H and O–H groups in total. The van der Waals surface area contributed by atoms with E-state index in [-0.39, 0.29) is 21.8 Å². The molecule has 0 aliphatic carbocycles. The lowest BCUT2D eigenvalue weighted by Gasteiger charge is -2.20. The molecule has 0 radical (unpaired) electrons. The molecule has 0 aliphatic rings. The van der Waals surface area contributed by atoms with Crippen molar-refractivity contribution < 1.29 is 19.2 Å². The Morgan fingerprint density at radius 2 is 1.64 bits per heavy atom. The third-order valence-electron chi connectivity index (χ3n) is 4.97. The molecule has 33 heavy (non-hydrogen) atoms. The summed E-state index contributed by atoms with van der Waals surface area (Å²) in [5, 5.41) is 13.5. The van der Waals surface area contributed by atoms with Crippen LogP contribution in [0.4, 0.5) is 11.4 Å². The first kappa shape index (κ1) is 23.9. The first-order chi connectivity index (χ1) is 15.6. The van der Waals surface area contributed by atoms with Crippen LogP contribution < -0.4 is 5.32 Å². The first-order valence-electron chi connectivity index (χ1n) is 10.2. The van der Waals surface area contributed by atoms with Crippen LogP contribution in [0, 0.1) is 10.1 Å². The Morgan fingerprint density at radius 3 is 2.18 bits per heavy atom. The van der Waals surface area contributed by atoms with Gasteiger partial charge in [-0.25, -0.2) is 4.79 Å². The molecule has 0 heterocycles. The zero-order valence-electron chi connectivity index (χ0n) is 18.4. The van der Waals surface area contributed by atoms with Gasteiger partial charge in [-0.2, -0.15) is 0 Å². The number of amides is 1. The van der Waals surface area contributed by atoms with Gasteiger partial charge in [0.2, 0.25) is 6.10 Å². The average molecular weight is 467 g/mol. The molecular weight excluding hydrogens is 444 g/mol. The number of nitrogens with one attached hydrogen (secondary N) is 1. The third-order valence-corrected chi connectivity index (χ3v) is 5.29. The molecule has 0 spiro atoms. The van der Waals surface area contributed by atoms with Gasteiger partial charge in [0.05, 0.1) is 21.2 Å². The van der Waals surface area contributed by atoms with E-state index in [2.05, 4.69) is 26.1 Å². The van der Waals surface area contributed by atoms with Gasteiger partial charge in [-0.1, -0.05) is 74.8 Å². The minimum absolute atomic E-state index is 0.00606. The zero-order valence-corrected chi connectivity index (χ0v) is 19.1. The van der Waals surface area contributed by atoms with Crippen LogP contribution in [-0.4, -0.2) is 16.8 Å². The summed E-state index contributed by atoms with van der Waals surface area (Å²) >= 11 is 6.09. The van der Waals surface area contributed by atoms with Crippen LogP contribution in [0.1, 0.15) is 48.4 Å². The second-order valence-corrected chi connectivity index (χ2v) is 8.84. The molecule has 1 atom stereocenters. The molecule has 0 saturated carbocycles. The van der Waals surface area contributed by atoms with Gasteiger partial charge in [-0.3, -0.25) is 14.9 Å². The van der Waals surface area contributed by atoms with E-state index in [1.54, 1.807) is 42.5 Å². The van der Waals surface area contributed by atoms with Gasteiger partial charge in [0.1, 0.15) is 0 Å². The van der Waals surface area contributed by atoms with Gasteiger partial charge in [-0.05, 0) is 29.2 Å². The molecule has 1 unspecified atom stereocenters. The lowest BCUT2D eigenvalue weighted by atomic mass is 9.87. The van der Waals surface area contributed by atoms with E-state index in [1.165, 1.54) is 12.1 Å². The normalized spacial score (nSPS) is 12.0. The van der Waals surface area contributed by atoms with Crippen molar-refractivity contribution in [3.8, 4) is 0 Å². The summed E-state index contributed by atoms with van der Waals surface area (Å²) in [4.78, 5) is 36.2. The number of anilines is 1. The molecule has 3 aromatic carbocycles. The Morgan fingerprint density at radius 1 is 1.00 bits per heavy atom. The molecule has 0 aromatic heterocycles. The highest BCUT2D eigenvalue weighted by Gasteiger charge is 2.27. The molecule has 7 nitrogen and oxygen atoms in total. The number of rotatable bonds is 6. The number of carbonyl (C=O) groups excluding carboxylic acids is 2. The topological polar surface area (TPSA) is 98.5 Å². The SMILES string of the molecule is CC(C)(C)c1ccc(C(=O)OC(C(=O)Nc2ccc([N+](=O)[O-])cc2Cl)c2ccccc2)cc1. The van der Waals surface area contributed by atoms with Crippen LogP contribution in [0.5, 0.6) is 0 Å². The highest BCUT2D eigenvalue weighted by Crippen LogP contribution is 2.29. The number of nitrogens with zero attached hydrogens (tertiary/aromatic N) is 1. The molecule has 0 saturated heterocycles. The van der Waals surface area contributed by atoms with Crippen LogP contribution in [0.15, 0.2) is 72.8 Å². The van der Waals surface area contributed by atoms with Crippen molar-refractivity contribution in [2.75, 3.05) is 5.32 Å². The van der Waals surface area contributed by atoms with E-state index < -0.39 is 22.9 Å². The summed E-state index contributed by atoms with van der Waals surface area (Å²) in [5.74, 6) is -1.30. The van der Waals surface area contributed by atoms with Crippen molar-refractivity contribution in [2.24, 2.45) is 0 Å². The van der Waals surface area contributed by atoms with E-state index >= 15 is 0 Å². The molecule has 0 fully saturated rings. The molecule has 0 bridgehead atoms. The van der Waals surface area contributed by atoms with Crippen LogP contribution in [0.2, 0.25) is 5.02 Å². The van der Waals surface area contributed by atoms with E-state index in [0.29, 0.717) is 11.1 Å². The number of hydrogen-bond acceptors (Lipinski definition) is 5. The molecular formula is C25H23ClN2O5. The summed E-state index contributed by atoms with van der Waals surface area (Å²) in [6.45, 7) is 6.21. The van der Waals surface area contributed by atoms with Gasteiger partial charge in [0.25, 0.3) is 11.6 Å². The minimum Gasteiger partial charge on any atom is -0.444 e. The number of halogens is 1. The molecule has 1 amide bonds. The Bertz CT molecular complexity index is 1170. The fraction of sp³-hybridized carbons (Fsp3) is 0.200. The lowest BCUT2D eigenvalue weighted by molar-refractivity contribution is -0.384. The number of nitro groups is 1. The number of hydrogen-bond donors (Lipinski definition) is 1. The Kier molecular flexibility index (Phi) is 7.13. The van der Waals surface area contributed by atoms with E-state index in [1.807, 2.05) is 12.1 Å². The number of ether oxygens (including phenoxy) is 1. The van der Waals surface area contributed by atoms with Crippen LogP contribution in [0.25, 0.3) is 0 Å². The highest BCUT2D eigenvalue weighted by molar-refractivity contribution is 6.34. The predicted molar refractivity (Wildman–Crippen MR) is 126 cm³/mol. The molecule has 3 rings (SSSR count). The maximum atomic E-state index is 13.1. The average Bonchev–Trinajstić information content (AvgIpc) is 2.78. The van der Waals surface area contributed by atoms with Crippen molar-refractivity contribution >= 4 is 34.9 Å². The van der Waals surface area contributed by atoms with E-state index in [0.717, 1.165) is 11.6 Å². The van der Waals surface area contributed by atoms with Gasteiger partial charge in [-0.15, -0.1) is 0 Å². The fourth-order valence-electron chi connectivity index (χ4n) is 3.10. The number of nitro benzene ring substituents is 1. The molecule has 170 valence electrons. The standard InChI is InChI=1S/C25H23ClN2O5/c1-25(2,3)18-11-9-17(10-12-18)24(30)33-22(16-7-5-4-6-8-16)23(29)27-21-14-13-19(28(31)32)15-20(21)26/h4-15,22H,1-3H3,(H,27,29).